The van der Waals surface area contributed by atoms with Crippen LogP contribution in [0.1, 0.15) is 18.4 Å². The van der Waals surface area contributed by atoms with E-state index in [1.807, 2.05) is 6.07 Å². The molecular weight excluding hydrogens is 274 g/mol. The number of hydrogen-bond donors (Lipinski definition) is 1. The Morgan fingerprint density at radius 2 is 2.33 bits per heavy atom. The summed E-state index contributed by atoms with van der Waals surface area (Å²) in [7, 11) is -2.97. The van der Waals surface area contributed by atoms with Gasteiger partial charge in [-0.1, -0.05) is 11.6 Å². The molecule has 96 valence electrons. The van der Waals surface area contributed by atoms with E-state index in [9.17, 15) is 8.42 Å². The Balaban J connectivity index is 2.07. The number of rotatable bonds is 3. The van der Waals surface area contributed by atoms with Gasteiger partial charge in [0.25, 0.3) is 0 Å². The number of sulfone groups is 1. The lowest BCUT2D eigenvalue weighted by molar-refractivity contribution is 0.591. The van der Waals surface area contributed by atoms with Crippen LogP contribution in [-0.2, 0) is 9.84 Å². The van der Waals surface area contributed by atoms with Gasteiger partial charge in [-0.05, 0) is 25.0 Å². The summed E-state index contributed by atoms with van der Waals surface area (Å²) in [6, 6.07) is 4.98. The third-order valence-corrected chi connectivity index (χ3v) is 5.37. The molecule has 0 aliphatic carbocycles. The topological polar surface area (TPSA) is 82.8 Å². The molecule has 0 amide bonds. The first-order valence-corrected chi connectivity index (χ1v) is 7.64. The summed E-state index contributed by atoms with van der Waals surface area (Å²) < 4.78 is 23.3. The van der Waals surface area contributed by atoms with E-state index >= 15 is 0 Å². The Kier molecular flexibility index (Phi) is 3.73. The average molecular weight is 286 g/mol. The normalized spacial score (nSPS) is 21.4. The van der Waals surface area contributed by atoms with Crippen LogP contribution >= 0.6 is 11.6 Å². The number of nitrogens with zero attached hydrogens (tertiary/aromatic N) is 2. The Morgan fingerprint density at radius 1 is 1.56 bits per heavy atom. The van der Waals surface area contributed by atoms with Crippen LogP contribution in [-0.4, -0.2) is 30.9 Å². The van der Waals surface area contributed by atoms with E-state index in [4.69, 9.17) is 16.9 Å². The van der Waals surface area contributed by atoms with E-state index < -0.39 is 9.84 Å². The summed E-state index contributed by atoms with van der Waals surface area (Å²) in [5, 5.41) is 11.6. The third kappa shape index (κ3) is 2.92. The van der Waals surface area contributed by atoms with Crippen molar-refractivity contribution in [2.45, 2.75) is 18.1 Å². The van der Waals surface area contributed by atoms with Gasteiger partial charge in [0, 0.05) is 6.54 Å². The minimum absolute atomic E-state index is 0.214. The lowest BCUT2D eigenvalue weighted by atomic mass is 10.2. The Bertz CT molecular complexity index is 595. The fraction of sp³-hybridized carbons (Fsp3) is 0.455. The minimum atomic E-state index is -2.97. The van der Waals surface area contributed by atoms with E-state index in [0.717, 1.165) is 0 Å². The van der Waals surface area contributed by atoms with Crippen molar-refractivity contribution in [2.24, 2.45) is 0 Å². The molecule has 1 aromatic heterocycles. The molecule has 1 aliphatic rings. The number of anilines is 1. The maximum Gasteiger partial charge on any atom is 0.154 e. The summed E-state index contributed by atoms with van der Waals surface area (Å²) in [6.45, 7) is 0.306. The minimum Gasteiger partial charge on any atom is -0.369 e. The van der Waals surface area contributed by atoms with Gasteiger partial charge in [-0.15, -0.1) is 0 Å². The molecule has 1 N–H and O–H groups in total. The van der Waals surface area contributed by atoms with Crippen LogP contribution in [0.3, 0.4) is 0 Å². The molecule has 7 heteroatoms. The largest absolute Gasteiger partial charge is 0.369 e. The van der Waals surface area contributed by atoms with Crippen LogP contribution in [0, 0.1) is 11.3 Å². The molecule has 1 fully saturated rings. The molecule has 1 saturated heterocycles. The predicted molar refractivity (Wildman–Crippen MR) is 69.3 cm³/mol. The first-order valence-electron chi connectivity index (χ1n) is 5.54. The first kappa shape index (κ1) is 13.1. The molecular formula is C11H12ClN3O2S. The van der Waals surface area contributed by atoms with Crippen LogP contribution in [0.5, 0.6) is 0 Å². The highest BCUT2D eigenvalue weighted by Gasteiger charge is 2.30. The predicted octanol–water partition coefficient (Wildman–Crippen LogP) is 1.60. The van der Waals surface area contributed by atoms with Crippen molar-refractivity contribution < 1.29 is 8.42 Å². The van der Waals surface area contributed by atoms with Crippen molar-refractivity contribution in [1.29, 1.82) is 5.26 Å². The van der Waals surface area contributed by atoms with Gasteiger partial charge in [-0.2, -0.15) is 5.26 Å². The molecule has 0 spiro atoms. The van der Waals surface area contributed by atoms with Crippen LogP contribution in [0.15, 0.2) is 12.1 Å². The lowest BCUT2D eigenvalue weighted by Crippen LogP contribution is -2.25. The van der Waals surface area contributed by atoms with Crippen molar-refractivity contribution in [2.75, 3.05) is 17.6 Å². The summed E-state index contributed by atoms with van der Waals surface area (Å²) >= 11 is 5.76. The molecule has 5 nitrogen and oxygen atoms in total. The number of hydrogen-bond acceptors (Lipinski definition) is 5. The second-order valence-corrected chi connectivity index (χ2v) is 6.98. The number of aromatic nitrogens is 1. The van der Waals surface area contributed by atoms with Crippen molar-refractivity contribution >= 4 is 27.3 Å². The van der Waals surface area contributed by atoms with Gasteiger partial charge in [-0.25, -0.2) is 13.4 Å². The van der Waals surface area contributed by atoms with Gasteiger partial charge in [-0.3, -0.25) is 0 Å². The van der Waals surface area contributed by atoms with Crippen LogP contribution in [0.4, 0.5) is 5.82 Å². The van der Waals surface area contributed by atoms with Crippen LogP contribution in [0.2, 0.25) is 5.15 Å². The van der Waals surface area contributed by atoms with Gasteiger partial charge in [0.1, 0.15) is 11.0 Å². The van der Waals surface area contributed by atoms with Gasteiger partial charge >= 0.3 is 0 Å². The maximum absolute atomic E-state index is 11.6. The van der Waals surface area contributed by atoms with Crippen LogP contribution < -0.4 is 5.32 Å². The molecule has 1 aromatic rings. The molecule has 18 heavy (non-hydrogen) atoms. The SMILES string of the molecule is N#Cc1cc(Cl)nc(NCC2CCCS2(=O)=O)c1. The van der Waals surface area contributed by atoms with Crippen LogP contribution in [0.25, 0.3) is 0 Å². The maximum atomic E-state index is 11.6. The molecule has 2 heterocycles. The smallest absolute Gasteiger partial charge is 0.154 e. The summed E-state index contributed by atoms with van der Waals surface area (Å²) in [5.41, 5.74) is 0.395. The Morgan fingerprint density at radius 3 is 2.94 bits per heavy atom. The number of nitriles is 1. The highest BCUT2D eigenvalue weighted by Crippen LogP contribution is 2.21. The summed E-state index contributed by atoms with van der Waals surface area (Å²) in [4.78, 5) is 4.00. The van der Waals surface area contributed by atoms with Gasteiger partial charge < -0.3 is 5.32 Å². The molecule has 0 saturated carbocycles. The van der Waals surface area contributed by atoms with Gasteiger partial charge in [0.05, 0.1) is 22.6 Å². The van der Waals surface area contributed by atoms with E-state index in [1.54, 1.807) is 6.07 Å². The average Bonchev–Trinajstić information content (AvgIpc) is 2.65. The molecule has 1 atom stereocenters. The first-order chi connectivity index (χ1) is 8.51. The fourth-order valence-electron chi connectivity index (χ4n) is 1.96. The van der Waals surface area contributed by atoms with Crippen molar-refractivity contribution in [3.05, 3.63) is 22.8 Å². The number of halogens is 1. The lowest BCUT2D eigenvalue weighted by Gasteiger charge is -2.11. The van der Waals surface area contributed by atoms with Crippen molar-refractivity contribution in [1.82, 2.24) is 4.98 Å². The molecule has 2 rings (SSSR count). The quantitative estimate of drug-likeness (QED) is 0.853. The molecule has 0 radical (unpaired) electrons. The summed E-state index contributed by atoms with van der Waals surface area (Å²) in [5.74, 6) is 0.687. The third-order valence-electron chi connectivity index (χ3n) is 2.90. The fourth-order valence-corrected chi connectivity index (χ4v) is 3.93. The highest BCUT2D eigenvalue weighted by atomic mass is 35.5. The molecule has 1 unspecified atom stereocenters. The number of pyridine rings is 1. The zero-order valence-electron chi connectivity index (χ0n) is 9.56. The summed E-state index contributed by atoms with van der Waals surface area (Å²) in [6.07, 6.45) is 1.38. The zero-order valence-corrected chi connectivity index (χ0v) is 11.1. The van der Waals surface area contributed by atoms with Gasteiger partial charge in [0.15, 0.2) is 9.84 Å². The van der Waals surface area contributed by atoms with E-state index in [0.29, 0.717) is 30.8 Å². The monoisotopic (exact) mass is 285 g/mol. The molecule has 1 aliphatic heterocycles. The highest BCUT2D eigenvalue weighted by molar-refractivity contribution is 7.92. The molecule has 0 bridgehead atoms. The van der Waals surface area contributed by atoms with E-state index in [1.165, 1.54) is 6.07 Å². The Hall–Kier alpha value is -1.32. The van der Waals surface area contributed by atoms with Crippen molar-refractivity contribution in [3.63, 3.8) is 0 Å². The van der Waals surface area contributed by atoms with E-state index in [-0.39, 0.29) is 16.2 Å². The zero-order chi connectivity index (χ0) is 13.2. The second kappa shape index (κ2) is 5.12. The standard InChI is InChI=1S/C11H12ClN3O2S/c12-10-4-8(6-13)5-11(15-10)14-7-9-2-1-3-18(9,16)17/h4-5,9H,1-3,7H2,(H,14,15). The van der Waals surface area contributed by atoms with E-state index in [2.05, 4.69) is 10.3 Å². The molecule has 0 aromatic carbocycles. The van der Waals surface area contributed by atoms with Crippen molar-refractivity contribution in [3.8, 4) is 6.07 Å². The van der Waals surface area contributed by atoms with Gasteiger partial charge in [0.2, 0.25) is 0 Å². The number of nitrogens with one attached hydrogen (secondary N) is 1. The second-order valence-electron chi connectivity index (χ2n) is 4.19. The Labute approximate surface area is 111 Å².